The van der Waals surface area contributed by atoms with Gasteiger partial charge in [0.05, 0.1) is 17.2 Å². The number of ether oxygens (including phenoxy) is 1. The van der Waals surface area contributed by atoms with Crippen molar-refractivity contribution in [2.45, 2.75) is 33.7 Å². The van der Waals surface area contributed by atoms with Crippen LogP contribution in [0.3, 0.4) is 0 Å². The Hall–Kier alpha value is -3.05. The van der Waals surface area contributed by atoms with Crippen LogP contribution < -0.4 is 4.74 Å². The normalized spacial score (nSPS) is 16.8. The Labute approximate surface area is 187 Å². The highest BCUT2D eigenvalue weighted by Crippen LogP contribution is 2.37. The predicted molar refractivity (Wildman–Crippen MR) is 131 cm³/mol. The van der Waals surface area contributed by atoms with Gasteiger partial charge >= 0.3 is 0 Å². The minimum atomic E-state index is -0.0103. The number of amidine groups is 1. The summed E-state index contributed by atoms with van der Waals surface area (Å²) in [5.74, 6) is 0.847. The first kappa shape index (κ1) is 21.2. The molecular weight excluding hydrogens is 404 g/mol. The standard InChI is InChI=1S/C26H26N2O2S/c1-5-30-23-15-12-19(21-8-6-7-9-22(21)23)16-24-25(29)28(17(2)3)26(31-24)27-20-13-10-18(4)11-14-20/h6-17H,5H2,1-4H3/b24-16+,27-26?. The van der Waals surface area contributed by atoms with Gasteiger partial charge in [0.1, 0.15) is 5.75 Å². The van der Waals surface area contributed by atoms with Crippen molar-refractivity contribution in [3.63, 3.8) is 0 Å². The van der Waals surface area contributed by atoms with E-state index >= 15 is 0 Å². The molecule has 158 valence electrons. The Bertz CT molecular complexity index is 1180. The summed E-state index contributed by atoms with van der Waals surface area (Å²) >= 11 is 1.43. The quantitative estimate of drug-likeness (QED) is 0.431. The first-order valence-electron chi connectivity index (χ1n) is 10.5. The second-order valence-electron chi connectivity index (χ2n) is 7.74. The van der Waals surface area contributed by atoms with Crippen LogP contribution in [0.4, 0.5) is 5.69 Å². The van der Waals surface area contributed by atoms with Gasteiger partial charge in [-0.25, -0.2) is 4.99 Å². The van der Waals surface area contributed by atoms with Gasteiger partial charge in [0.2, 0.25) is 0 Å². The van der Waals surface area contributed by atoms with E-state index in [1.807, 2.05) is 82.3 Å². The molecule has 1 fully saturated rings. The smallest absolute Gasteiger partial charge is 0.266 e. The third-order valence-corrected chi connectivity index (χ3v) is 6.10. The molecule has 0 aliphatic carbocycles. The lowest BCUT2D eigenvalue weighted by Gasteiger charge is -2.19. The molecule has 1 saturated heterocycles. The van der Waals surface area contributed by atoms with Crippen molar-refractivity contribution in [2.75, 3.05) is 6.61 Å². The molecule has 1 aliphatic heterocycles. The Morgan fingerprint density at radius 2 is 1.74 bits per heavy atom. The minimum Gasteiger partial charge on any atom is -0.493 e. The number of amides is 1. The maximum absolute atomic E-state index is 13.2. The Morgan fingerprint density at radius 1 is 1.03 bits per heavy atom. The molecule has 0 N–H and O–H groups in total. The molecular formula is C26H26N2O2S. The van der Waals surface area contributed by atoms with E-state index in [0.29, 0.717) is 16.7 Å². The Balaban J connectivity index is 1.75. The minimum absolute atomic E-state index is 0.0103. The predicted octanol–water partition coefficient (Wildman–Crippen LogP) is 6.56. The van der Waals surface area contributed by atoms with Gasteiger partial charge in [-0.15, -0.1) is 0 Å². The van der Waals surface area contributed by atoms with E-state index in [4.69, 9.17) is 9.73 Å². The Morgan fingerprint density at radius 3 is 2.42 bits per heavy atom. The van der Waals surface area contributed by atoms with Crippen LogP contribution in [0.25, 0.3) is 16.8 Å². The summed E-state index contributed by atoms with van der Waals surface area (Å²) in [6.07, 6.45) is 1.97. The Kier molecular flexibility index (Phi) is 6.14. The molecule has 0 radical (unpaired) electrons. The van der Waals surface area contributed by atoms with Crippen LogP contribution in [0, 0.1) is 6.92 Å². The highest BCUT2D eigenvalue weighted by Gasteiger charge is 2.35. The molecule has 0 spiro atoms. The zero-order valence-corrected chi connectivity index (χ0v) is 19.1. The fourth-order valence-corrected chi connectivity index (χ4v) is 4.70. The topological polar surface area (TPSA) is 41.9 Å². The lowest BCUT2D eigenvalue weighted by atomic mass is 10.0. The second-order valence-corrected chi connectivity index (χ2v) is 8.75. The molecule has 4 nitrogen and oxygen atoms in total. The molecule has 3 aromatic rings. The molecule has 1 amide bonds. The number of nitrogens with zero attached hydrogens (tertiary/aromatic N) is 2. The van der Waals surface area contributed by atoms with Gasteiger partial charge in [-0.1, -0.05) is 48.0 Å². The van der Waals surface area contributed by atoms with Crippen LogP contribution in [-0.2, 0) is 4.79 Å². The molecule has 0 bridgehead atoms. The van der Waals surface area contributed by atoms with Gasteiger partial charge in [-0.05, 0) is 74.7 Å². The number of benzene rings is 3. The van der Waals surface area contributed by atoms with Crippen molar-refractivity contribution in [3.05, 3.63) is 76.7 Å². The SMILES string of the molecule is CCOc1ccc(/C=C2/SC(=Nc3ccc(C)cc3)N(C(C)C)C2=O)c2ccccc12. The van der Waals surface area contributed by atoms with Crippen LogP contribution in [0.2, 0.25) is 0 Å². The van der Waals surface area contributed by atoms with Gasteiger partial charge < -0.3 is 4.74 Å². The van der Waals surface area contributed by atoms with Crippen LogP contribution in [0.15, 0.2) is 70.6 Å². The average molecular weight is 431 g/mol. The van der Waals surface area contributed by atoms with Crippen molar-refractivity contribution in [3.8, 4) is 5.75 Å². The van der Waals surface area contributed by atoms with Crippen LogP contribution >= 0.6 is 11.8 Å². The number of carbonyl (C=O) groups is 1. The fourth-order valence-electron chi connectivity index (χ4n) is 3.59. The van der Waals surface area contributed by atoms with Crippen molar-refractivity contribution < 1.29 is 9.53 Å². The molecule has 1 heterocycles. The van der Waals surface area contributed by atoms with E-state index in [0.717, 1.165) is 27.8 Å². The van der Waals surface area contributed by atoms with Gasteiger partial charge in [0.25, 0.3) is 5.91 Å². The number of aliphatic imine (C=N–C) groups is 1. The zero-order valence-electron chi connectivity index (χ0n) is 18.3. The number of hydrogen-bond acceptors (Lipinski definition) is 4. The summed E-state index contributed by atoms with van der Waals surface area (Å²) in [6.45, 7) is 8.67. The van der Waals surface area contributed by atoms with E-state index in [9.17, 15) is 4.79 Å². The molecule has 31 heavy (non-hydrogen) atoms. The summed E-state index contributed by atoms with van der Waals surface area (Å²) in [5.41, 5.74) is 3.03. The summed E-state index contributed by atoms with van der Waals surface area (Å²) in [5, 5.41) is 2.82. The number of rotatable bonds is 5. The number of carbonyl (C=O) groups excluding carboxylic acids is 1. The highest BCUT2D eigenvalue weighted by molar-refractivity contribution is 8.18. The molecule has 0 unspecified atom stereocenters. The lowest BCUT2D eigenvalue weighted by molar-refractivity contribution is -0.123. The number of aryl methyl sites for hydroxylation is 1. The van der Waals surface area contributed by atoms with E-state index in [-0.39, 0.29) is 11.9 Å². The van der Waals surface area contributed by atoms with Crippen LogP contribution in [0.5, 0.6) is 5.75 Å². The molecule has 1 aliphatic rings. The van der Waals surface area contributed by atoms with Gasteiger partial charge in [0.15, 0.2) is 5.17 Å². The first-order valence-corrected chi connectivity index (χ1v) is 11.3. The summed E-state index contributed by atoms with van der Waals surface area (Å²) in [7, 11) is 0. The lowest BCUT2D eigenvalue weighted by Crippen LogP contribution is -2.35. The number of fused-ring (bicyclic) bond motifs is 1. The second kappa shape index (κ2) is 8.98. The van der Waals surface area contributed by atoms with Crippen molar-refractivity contribution in [1.82, 2.24) is 4.90 Å². The third kappa shape index (κ3) is 4.37. The maximum Gasteiger partial charge on any atom is 0.266 e. The van der Waals surface area contributed by atoms with E-state index in [2.05, 4.69) is 12.1 Å². The molecule has 0 saturated carbocycles. The largest absolute Gasteiger partial charge is 0.493 e. The number of hydrogen-bond donors (Lipinski definition) is 0. The van der Waals surface area contributed by atoms with Crippen LogP contribution in [0.1, 0.15) is 31.9 Å². The van der Waals surface area contributed by atoms with Crippen molar-refractivity contribution >= 4 is 45.4 Å². The van der Waals surface area contributed by atoms with Gasteiger partial charge in [0, 0.05) is 11.4 Å². The summed E-state index contributed by atoms with van der Waals surface area (Å²) in [6, 6.07) is 20.2. The van der Waals surface area contributed by atoms with E-state index in [1.54, 1.807) is 4.90 Å². The molecule has 0 aromatic heterocycles. The molecule has 5 heteroatoms. The third-order valence-electron chi connectivity index (χ3n) is 5.12. The zero-order chi connectivity index (χ0) is 22.0. The summed E-state index contributed by atoms with van der Waals surface area (Å²) in [4.78, 5) is 20.5. The molecule has 4 rings (SSSR count). The highest BCUT2D eigenvalue weighted by atomic mass is 32.2. The van der Waals surface area contributed by atoms with Gasteiger partial charge in [-0.3, -0.25) is 9.69 Å². The van der Waals surface area contributed by atoms with Crippen molar-refractivity contribution in [1.29, 1.82) is 0 Å². The average Bonchev–Trinajstić information content (AvgIpc) is 3.06. The van der Waals surface area contributed by atoms with E-state index < -0.39 is 0 Å². The van der Waals surface area contributed by atoms with Crippen LogP contribution in [-0.4, -0.2) is 28.6 Å². The first-order chi connectivity index (χ1) is 15.0. The molecule has 0 atom stereocenters. The monoisotopic (exact) mass is 430 g/mol. The summed E-state index contributed by atoms with van der Waals surface area (Å²) < 4.78 is 5.79. The van der Waals surface area contributed by atoms with Gasteiger partial charge in [-0.2, -0.15) is 0 Å². The maximum atomic E-state index is 13.2. The van der Waals surface area contributed by atoms with E-state index in [1.165, 1.54) is 17.3 Å². The number of thioether (sulfide) groups is 1. The fraction of sp³-hybridized carbons (Fsp3) is 0.231. The van der Waals surface area contributed by atoms with Crippen molar-refractivity contribution in [2.24, 2.45) is 4.99 Å². The molecule has 3 aromatic carbocycles.